The molecule has 0 bridgehead atoms. The molecule has 33 heavy (non-hydrogen) atoms. The SMILES string of the molecule is CC(C)[Si](OOC(CCCc1ccccc1)C(=O)CCCc1ccccc1)(C(C)C)C(C)C. The predicted octanol–water partition coefficient (Wildman–Crippen LogP) is 8.09. The van der Waals surface area contributed by atoms with Gasteiger partial charge in [-0.3, -0.25) is 9.37 Å². The molecule has 0 aliphatic heterocycles. The molecule has 4 heteroatoms. The summed E-state index contributed by atoms with van der Waals surface area (Å²) < 4.78 is 6.38. The molecule has 0 N–H and O–H groups in total. The van der Waals surface area contributed by atoms with Crippen molar-refractivity contribution >= 4 is 14.1 Å². The van der Waals surface area contributed by atoms with E-state index in [4.69, 9.17) is 9.46 Å². The van der Waals surface area contributed by atoms with Crippen LogP contribution in [0.15, 0.2) is 60.7 Å². The third kappa shape index (κ3) is 8.20. The number of rotatable bonds is 15. The van der Waals surface area contributed by atoms with E-state index in [9.17, 15) is 4.79 Å². The Hall–Kier alpha value is -1.75. The summed E-state index contributed by atoms with van der Waals surface area (Å²) in [6, 6.07) is 20.8. The summed E-state index contributed by atoms with van der Waals surface area (Å²) in [4.78, 5) is 19.3. The zero-order valence-electron chi connectivity index (χ0n) is 21.6. The Morgan fingerprint density at radius 1 is 0.727 bits per heavy atom. The molecule has 0 saturated heterocycles. The van der Waals surface area contributed by atoms with Gasteiger partial charge in [0.05, 0.1) is 0 Å². The summed E-state index contributed by atoms with van der Waals surface area (Å²) in [5.74, 6) is 0.165. The van der Waals surface area contributed by atoms with Crippen molar-refractivity contribution in [2.24, 2.45) is 0 Å². The number of benzene rings is 2. The quantitative estimate of drug-likeness (QED) is 0.150. The molecule has 2 aromatic rings. The van der Waals surface area contributed by atoms with Crippen molar-refractivity contribution in [3.63, 3.8) is 0 Å². The molecule has 0 radical (unpaired) electrons. The summed E-state index contributed by atoms with van der Waals surface area (Å²) in [7, 11) is -2.20. The van der Waals surface area contributed by atoms with E-state index < -0.39 is 14.4 Å². The molecular formula is C29H44O3Si. The Morgan fingerprint density at radius 3 is 1.64 bits per heavy atom. The standard InChI is InChI=1S/C29H44O3Si/c1-23(2)33(24(3)4,25(5)6)32-31-29(22-14-20-27-17-11-8-12-18-27)28(30)21-13-19-26-15-9-7-10-16-26/h7-12,15-18,23-25,29H,13-14,19-22H2,1-6H3. The lowest BCUT2D eigenvalue weighted by molar-refractivity contribution is -0.255. The number of carbonyl (C=O) groups is 1. The molecule has 0 aliphatic carbocycles. The second-order valence-electron chi connectivity index (χ2n) is 10.2. The van der Waals surface area contributed by atoms with Gasteiger partial charge in [0.2, 0.25) is 8.32 Å². The molecule has 2 aromatic carbocycles. The second-order valence-corrected chi connectivity index (χ2v) is 15.5. The van der Waals surface area contributed by atoms with Crippen LogP contribution >= 0.6 is 0 Å². The van der Waals surface area contributed by atoms with Crippen molar-refractivity contribution in [3.8, 4) is 0 Å². The fraction of sp³-hybridized carbons (Fsp3) is 0.552. The van der Waals surface area contributed by atoms with Crippen LogP contribution in [0.2, 0.25) is 16.6 Å². The van der Waals surface area contributed by atoms with Gasteiger partial charge in [-0.05, 0) is 59.9 Å². The Kier molecular flexibility index (Phi) is 11.5. The molecule has 1 unspecified atom stereocenters. The zero-order valence-corrected chi connectivity index (χ0v) is 22.6. The number of hydrogen-bond donors (Lipinski definition) is 0. The number of aryl methyl sites for hydroxylation is 2. The number of Topliss-reactive ketones (excluding diaryl/α,β-unsaturated/α-hetero) is 1. The monoisotopic (exact) mass is 468 g/mol. The molecule has 3 nitrogen and oxygen atoms in total. The van der Waals surface area contributed by atoms with Crippen LogP contribution in [0, 0.1) is 0 Å². The fourth-order valence-corrected chi connectivity index (χ4v) is 9.96. The highest BCUT2D eigenvalue weighted by atomic mass is 28.4. The van der Waals surface area contributed by atoms with Gasteiger partial charge in [0.15, 0.2) is 5.78 Å². The Labute approximate surface area is 203 Å². The predicted molar refractivity (Wildman–Crippen MR) is 141 cm³/mol. The molecule has 2 rings (SSSR count). The Bertz CT molecular complexity index is 780. The van der Waals surface area contributed by atoms with Gasteiger partial charge in [0.25, 0.3) is 0 Å². The molecule has 182 valence electrons. The molecule has 0 heterocycles. The van der Waals surface area contributed by atoms with Gasteiger partial charge in [-0.25, -0.2) is 4.89 Å². The van der Waals surface area contributed by atoms with Crippen LogP contribution in [0.3, 0.4) is 0 Å². The van der Waals surface area contributed by atoms with Crippen LogP contribution in [0.5, 0.6) is 0 Å². The highest BCUT2D eigenvalue weighted by Gasteiger charge is 2.47. The van der Waals surface area contributed by atoms with E-state index in [2.05, 4.69) is 90.1 Å². The first-order valence-corrected chi connectivity index (χ1v) is 14.9. The number of carbonyl (C=O) groups excluding carboxylic acids is 1. The Morgan fingerprint density at radius 2 is 1.18 bits per heavy atom. The molecule has 0 amide bonds. The highest BCUT2D eigenvalue weighted by Crippen LogP contribution is 2.42. The van der Waals surface area contributed by atoms with E-state index in [1.165, 1.54) is 11.1 Å². The van der Waals surface area contributed by atoms with Gasteiger partial charge in [0.1, 0.15) is 6.10 Å². The van der Waals surface area contributed by atoms with Crippen LogP contribution in [-0.2, 0) is 27.1 Å². The normalized spacial score (nSPS) is 13.1. The second kappa shape index (κ2) is 13.8. The van der Waals surface area contributed by atoms with Crippen molar-refractivity contribution in [3.05, 3.63) is 71.8 Å². The minimum atomic E-state index is -2.20. The van der Waals surface area contributed by atoms with Gasteiger partial charge < -0.3 is 0 Å². The van der Waals surface area contributed by atoms with Gasteiger partial charge in [-0.15, -0.1) is 0 Å². The first kappa shape index (κ1) is 27.5. The first-order valence-electron chi connectivity index (χ1n) is 12.7. The summed E-state index contributed by atoms with van der Waals surface area (Å²) in [6.45, 7) is 13.4. The van der Waals surface area contributed by atoms with Crippen LogP contribution in [-0.4, -0.2) is 20.2 Å². The third-order valence-electron chi connectivity index (χ3n) is 6.88. The number of ketones is 1. The van der Waals surface area contributed by atoms with E-state index in [-0.39, 0.29) is 5.78 Å². The van der Waals surface area contributed by atoms with E-state index in [0.29, 0.717) is 29.5 Å². The highest BCUT2D eigenvalue weighted by molar-refractivity contribution is 6.77. The van der Waals surface area contributed by atoms with Gasteiger partial charge in [-0.1, -0.05) is 102 Å². The van der Waals surface area contributed by atoms with Crippen LogP contribution in [0.1, 0.15) is 78.4 Å². The lowest BCUT2D eigenvalue weighted by Crippen LogP contribution is -2.49. The number of hydrogen-bond acceptors (Lipinski definition) is 3. The van der Waals surface area contributed by atoms with E-state index >= 15 is 0 Å². The maximum atomic E-state index is 13.2. The van der Waals surface area contributed by atoms with Gasteiger partial charge >= 0.3 is 0 Å². The minimum absolute atomic E-state index is 0.165. The molecular weight excluding hydrogens is 424 g/mol. The van der Waals surface area contributed by atoms with E-state index in [1.807, 2.05) is 12.1 Å². The van der Waals surface area contributed by atoms with Crippen molar-refractivity contribution in [2.45, 2.75) is 103 Å². The molecule has 0 spiro atoms. The Balaban J connectivity index is 2.03. The summed E-state index contributed by atoms with van der Waals surface area (Å²) in [6.07, 6.45) is 4.31. The average Bonchev–Trinajstić information content (AvgIpc) is 2.79. The average molecular weight is 469 g/mol. The van der Waals surface area contributed by atoms with Gasteiger partial charge in [0, 0.05) is 6.42 Å². The van der Waals surface area contributed by atoms with Crippen molar-refractivity contribution < 1.29 is 14.3 Å². The smallest absolute Gasteiger partial charge is 0.246 e. The molecule has 0 fully saturated rings. The van der Waals surface area contributed by atoms with Crippen molar-refractivity contribution in [2.75, 3.05) is 0 Å². The van der Waals surface area contributed by atoms with Gasteiger partial charge in [-0.2, -0.15) is 0 Å². The maximum Gasteiger partial charge on any atom is 0.246 e. The van der Waals surface area contributed by atoms with Crippen LogP contribution in [0.4, 0.5) is 0 Å². The lowest BCUT2D eigenvalue weighted by Gasteiger charge is -2.41. The van der Waals surface area contributed by atoms with Crippen LogP contribution in [0.25, 0.3) is 0 Å². The zero-order chi connectivity index (χ0) is 24.3. The summed E-state index contributed by atoms with van der Waals surface area (Å²) in [5, 5.41) is 0. The summed E-state index contributed by atoms with van der Waals surface area (Å²) >= 11 is 0. The van der Waals surface area contributed by atoms with Crippen molar-refractivity contribution in [1.29, 1.82) is 0 Å². The third-order valence-corrected chi connectivity index (χ3v) is 12.7. The lowest BCUT2D eigenvalue weighted by atomic mass is 10.00. The van der Waals surface area contributed by atoms with Crippen LogP contribution < -0.4 is 0 Å². The van der Waals surface area contributed by atoms with Crippen molar-refractivity contribution in [1.82, 2.24) is 0 Å². The molecule has 0 saturated carbocycles. The fourth-order valence-electron chi connectivity index (χ4n) is 5.10. The minimum Gasteiger partial charge on any atom is -0.297 e. The topological polar surface area (TPSA) is 35.5 Å². The van der Waals surface area contributed by atoms with E-state index in [0.717, 1.165) is 25.7 Å². The molecule has 0 aromatic heterocycles. The molecule has 0 aliphatic rings. The maximum absolute atomic E-state index is 13.2. The molecule has 1 atom stereocenters. The first-order chi connectivity index (χ1) is 15.8. The summed E-state index contributed by atoms with van der Waals surface area (Å²) in [5.41, 5.74) is 3.81. The largest absolute Gasteiger partial charge is 0.297 e. The van der Waals surface area contributed by atoms with E-state index in [1.54, 1.807) is 0 Å².